The summed E-state index contributed by atoms with van der Waals surface area (Å²) in [5.41, 5.74) is -0.457. The molecule has 6 heteroatoms. The summed E-state index contributed by atoms with van der Waals surface area (Å²) in [6, 6.07) is 13.5. The fourth-order valence-electron chi connectivity index (χ4n) is 2.22. The number of hydrogen-bond acceptors (Lipinski definition) is 3. The third kappa shape index (κ3) is 2.50. The largest absolute Gasteiger partial charge is 0.373 e. The van der Waals surface area contributed by atoms with Crippen molar-refractivity contribution in [2.75, 3.05) is 0 Å². The molecule has 0 aliphatic heterocycles. The average Bonchev–Trinajstić information content (AvgIpc) is 2.90. The van der Waals surface area contributed by atoms with Crippen LogP contribution in [-0.4, -0.2) is 18.5 Å². The molecule has 0 bridgehead atoms. The van der Waals surface area contributed by atoms with Crippen LogP contribution >= 0.6 is 15.9 Å². The second-order valence-corrected chi connectivity index (χ2v) is 7.56. The van der Waals surface area contributed by atoms with Gasteiger partial charge >= 0.3 is 0 Å². The Hall–Kier alpha value is -1.63. The maximum Gasteiger partial charge on any atom is 0.209 e. The molecular formula is C15H12BrNO3S. The van der Waals surface area contributed by atoms with E-state index in [1.807, 2.05) is 12.1 Å². The van der Waals surface area contributed by atoms with Gasteiger partial charge in [-0.15, -0.1) is 0 Å². The predicted molar refractivity (Wildman–Crippen MR) is 84.6 cm³/mol. The van der Waals surface area contributed by atoms with E-state index in [-0.39, 0.29) is 4.90 Å². The van der Waals surface area contributed by atoms with Gasteiger partial charge in [-0.2, -0.15) is 0 Å². The van der Waals surface area contributed by atoms with Crippen LogP contribution in [0.25, 0.3) is 10.9 Å². The van der Waals surface area contributed by atoms with E-state index in [2.05, 4.69) is 20.9 Å². The Kier molecular flexibility index (Phi) is 3.61. The molecule has 0 saturated heterocycles. The standard InChI is InChI=1S/C15H12BrNO3S/c16-10-5-7-11(8-6-10)21(19,20)15(18)13-9-17-14-4-2-1-3-12(13)14/h1-9,15,17-18H. The zero-order chi connectivity index (χ0) is 15.0. The molecule has 0 aliphatic rings. The molecular weight excluding hydrogens is 354 g/mol. The number of fused-ring (bicyclic) bond motifs is 1. The van der Waals surface area contributed by atoms with Gasteiger partial charge in [0.1, 0.15) is 0 Å². The highest BCUT2D eigenvalue weighted by Gasteiger charge is 2.28. The molecule has 3 rings (SSSR count). The molecule has 1 aromatic heterocycles. The van der Waals surface area contributed by atoms with E-state index in [4.69, 9.17) is 0 Å². The number of aliphatic hydroxyl groups excluding tert-OH is 1. The lowest BCUT2D eigenvalue weighted by molar-refractivity contribution is 0.256. The van der Waals surface area contributed by atoms with E-state index in [0.717, 1.165) is 9.99 Å². The van der Waals surface area contributed by atoms with Crippen molar-refractivity contribution in [3.05, 3.63) is 64.8 Å². The number of nitrogens with one attached hydrogen (secondary N) is 1. The lowest BCUT2D eigenvalue weighted by Crippen LogP contribution is -2.12. The Morgan fingerprint density at radius 2 is 1.71 bits per heavy atom. The number of para-hydroxylation sites is 1. The van der Waals surface area contributed by atoms with Crippen LogP contribution in [0, 0.1) is 0 Å². The van der Waals surface area contributed by atoms with Crippen molar-refractivity contribution in [1.29, 1.82) is 0 Å². The smallest absolute Gasteiger partial charge is 0.209 e. The van der Waals surface area contributed by atoms with Gasteiger partial charge in [0.15, 0.2) is 5.44 Å². The topological polar surface area (TPSA) is 70.2 Å². The molecule has 21 heavy (non-hydrogen) atoms. The van der Waals surface area contributed by atoms with Gasteiger partial charge < -0.3 is 10.1 Å². The molecule has 1 atom stereocenters. The van der Waals surface area contributed by atoms with E-state index >= 15 is 0 Å². The van der Waals surface area contributed by atoms with E-state index < -0.39 is 15.3 Å². The third-order valence-electron chi connectivity index (χ3n) is 3.32. The minimum absolute atomic E-state index is 0.0866. The molecule has 0 spiro atoms. The first kappa shape index (κ1) is 14.3. The number of benzene rings is 2. The predicted octanol–water partition coefficient (Wildman–Crippen LogP) is 3.40. The number of halogens is 1. The SMILES string of the molecule is O=S(=O)(c1ccc(Br)cc1)C(O)c1c[nH]c2ccccc12. The molecule has 2 N–H and O–H groups in total. The first-order valence-electron chi connectivity index (χ1n) is 6.24. The Balaban J connectivity index is 2.08. The minimum Gasteiger partial charge on any atom is -0.373 e. The Labute approximate surface area is 130 Å². The Morgan fingerprint density at radius 1 is 1.05 bits per heavy atom. The number of aromatic amines is 1. The fraction of sp³-hybridized carbons (Fsp3) is 0.0667. The fourth-order valence-corrected chi connectivity index (χ4v) is 3.79. The third-order valence-corrected chi connectivity index (χ3v) is 5.62. The van der Waals surface area contributed by atoms with Crippen molar-refractivity contribution in [1.82, 2.24) is 4.98 Å². The quantitative estimate of drug-likeness (QED) is 0.747. The van der Waals surface area contributed by atoms with Gasteiger partial charge in [0, 0.05) is 27.1 Å². The maximum absolute atomic E-state index is 12.5. The normalized spacial score (nSPS) is 13.4. The van der Waals surface area contributed by atoms with Crippen LogP contribution in [0.1, 0.15) is 11.0 Å². The Bertz CT molecular complexity index is 885. The van der Waals surface area contributed by atoms with Crippen LogP contribution in [-0.2, 0) is 9.84 Å². The maximum atomic E-state index is 12.5. The highest BCUT2D eigenvalue weighted by molar-refractivity contribution is 9.10. The summed E-state index contributed by atoms with van der Waals surface area (Å²) < 4.78 is 25.8. The summed E-state index contributed by atoms with van der Waals surface area (Å²) >= 11 is 3.26. The molecule has 1 unspecified atom stereocenters. The van der Waals surface area contributed by atoms with Crippen LogP contribution in [0.3, 0.4) is 0 Å². The summed E-state index contributed by atoms with van der Waals surface area (Å²) in [5, 5.41) is 11.0. The lowest BCUT2D eigenvalue weighted by Gasteiger charge is -2.11. The van der Waals surface area contributed by atoms with Crippen LogP contribution in [0.5, 0.6) is 0 Å². The zero-order valence-corrected chi connectivity index (χ0v) is 13.2. The number of hydrogen-bond donors (Lipinski definition) is 2. The Morgan fingerprint density at radius 3 is 2.43 bits per heavy atom. The van der Waals surface area contributed by atoms with Crippen LogP contribution in [0.2, 0.25) is 0 Å². The van der Waals surface area contributed by atoms with Gasteiger partial charge in [-0.05, 0) is 30.3 Å². The van der Waals surface area contributed by atoms with Crippen molar-refractivity contribution >= 4 is 36.7 Å². The summed E-state index contributed by atoms with van der Waals surface area (Å²) in [7, 11) is -3.86. The van der Waals surface area contributed by atoms with E-state index in [9.17, 15) is 13.5 Å². The number of aliphatic hydroxyl groups is 1. The highest BCUT2D eigenvalue weighted by atomic mass is 79.9. The molecule has 0 fully saturated rings. The van der Waals surface area contributed by atoms with Crippen molar-refractivity contribution < 1.29 is 13.5 Å². The van der Waals surface area contributed by atoms with Crippen molar-refractivity contribution in [2.24, 2.45) is 0 Å². The van der Waals surface area contributed by atoms with Gasteiger partial charge in [-0.1, -0.05) is 34.1 Å². The van der Waals surface area contributed by atoms with Crippen LogP contribution in [0.15, 0.2) is 64.1 Å². The first-order chi connectivity index (χ1) is 10.00. The molecule has 0 aliphatic carbocycles. The molecule has 0 amide bonds. The number of H-pyrrole nitrogens is 1. The van der Waals surface area contributed by atoms with E-state index in [0.29, 0.717) is 10.9 Å². The van der Waals surface area contributed by atoms with Gasteiger partial charge in [-0.25, -0.2) is 8.42 Å². The van der Waals surface area contributed by atoms with Gasteiger partial charge in [0.25, 0.3) is 0 Å². The van der Waals surface area contributed by atoms with Gasteiger partial charge in [-0.3, -0.25) is 0 Å². The molecule has 4 nitrogen and oxygen atoms in total. The molecule has 0 radical (unpaired) electrons. The number of rotatable bonds is 3. The summed E-state index contributed by atoms with van der Waals surface area (Å²) in [6.45, 7) is 0. The minimum atomic E-state index is -3.86. The summed E-state index contributed by atoms with van der Waals surface area (Å²) in [6.07, 6.45) is 1.53. The second kappa shape index (κ2) is 5.29. The van der Waals surface area contributed by atoms with Gasteiger partial charge in [0.2, 0.25) is 9.84 Å². The zero-order valence-electron chi connectivity index (χ0n) is 10.8. The summed E-state index contributed by atoms with van der Waals surface area (Å²) in [4.78, 5) is 3.06. The van der Waals surface area contributed by atoms with E-state index in [1.54, 1.807) is 24.3 Å². The second-order valence-electron chi connectivity index (χ2n) is 4.64. The van der Waals surface area contributed by atoms with Crippen molar-refractivity contribution in [3.63, 3.8) is 0 Å². The van der Waals surface area contributed by atoms with E-state index in [1.165, 1.54) is 18.3 Å². The first-order valence-corrected chi connectivity index (χ1v) is 8.57. The molecule has 3 aromatic rings. The highest BCUT2D eigenvalue weighted by Crippen LogP contribution is 2.31. The van der Waals surface area contributed by atoms with Crippen LogP contribution < -0.4 is 0 Å². The van der Waals surface area contributed by atoms with Gasteiger partial charge in [0.05, 0.1) is 4.90 Å². The molecule has 2 aromatic carbocycles. The molecule has 108 valence electrons. The molecule has 0 saturated carbocycles. The summed E-state index contributed by atoms with van der Waals surface area (Å²) in [5.74, 6) is 0. The molecule has 1 heterocycles. The lowest BCUT2D eigenvalue weighted by atomic mass is 10.2. The average molecular weight is 366 g/mol. The monoisotopic (exact) mass is 365 g/mol. The van der Waals surface area contributed by atoms with Crippen molar-refractivity contribution in [2.45, 2.75) is 10.3 Å². The number of aromatic nitrogens is 1. The number of sulfone groups is 1. The van der Waals surface area contributed by atoms with Crippen molar-refractivity contribution in [3.8, 4) is 0 Å². The van der Waals surface area contributed by atoms with Crippen LogP contribution in [0.4, 0.5) is 0 Å².